The molecule has 0 radical (unpaired) electrons. The third-order valence-corrected chi connectivity index (χ3v) is 4.40. The predicted octanol–water partition coefficient (Wildman–Crippen LogP) is 3.21. The molecule has 98 valence electrons. The van der Waals surface area contributed by atoms with Crippen LogP contribution in [-0.2, 0) is 0 Å². The maximum absolute atomic E-state index is 10.9. The molecule has 0 aliphatic carbocycles. The Labute approximate surface area is 116 Å². The molecule has 0 saturated heterocycles. The summed E-state index contributed by atoms with van der Waals surface area (Å²) in [6.07, 6.45) is 0. The van der Waals surface area contributed by atoms with Crippen molar-refractivity contribution in [3.8, 4) is 0 Å². The summed E-state index contributed by atoms with van der Waals surface area (Å²) in [5, 5.41) is 19.6. The van der Waals surface area contributed by atoms with Gasteiger partial charge in [-0.3, -0.25) is 10.1 Å². The van der Waals surface area contributed by atoms with Crippen molar-refractivity contribution < 1.29 is 14.8 Å². The lowest BCUT2D eigenvalue weighted by atomic mass is 10.3. The predicted molar refractivity (Wildman–Crippen MR) is 71.0 cm³/mol. The van der Waals surface area contributed by atoms with Crippen LogP contribution in [0.1, 0.15) is 15.4 Å². The first-order valence-electron chi connectivity index (χ1n) is 5.10. The van der Waals surface area contributed by atoms with E-state index in [4.69, 9.17) is 5.11 Å². The molecule has 0 bridgehead atoms. The van der Waals surface area contributed by atoms with Crippen molar-refractivity contribution in [3.05, 3.63) is 45.0 Å². The largest absolute Gasteiger partial charge is 0.477 e. The van der Waals surface area contributed by atoms with E-state index in [-0.39, 0.29) is 10.6 Å². The third-order valence-electron chi connectivity index (χ3n) is 2.20. The van der Waals surface area contributed by atoms with E-state index in [9.17, 15) is 14.9 Å². The average Bonchev–Trinajstić information content (AvgIpc) is 2.70. The second-order valence-corrected chi connectivity index (χ2v) is 5.88. The molecule has 0 atom stereocenters. The third kappa shape index (κ3) is 3.09. The Hall–Kier alpha value is -1.93. The van der Waals surface area contributed by atoms with Gasteiger partial charge in [0.05, 0.1) is 10.6 Å². The summed E-state index contributed by atoms with van der Waals surface area (Å²) >= 11 is 2.27. The van der Waals surface area contributed by atoms with Gasteiger partial charge in [0, 0.05) is 17.0 Å². The number of hydrogen-bond acceptors (Lipinski definition) is 6. The quantitative estimate of drug-likeness (QED) is 0.687. The van der Waals surface area contributed by atoms with Gasteiger partial charge in [-0.1, -0.05) is 17.8 Å². The van der Waals surface area contributed by atoms with Gasteiger partial charge in [-0.25, -0.2) is 9.78 Å². The summed E-state index contributed by atoms with van der Waals surface area (Å²) in [6.45, 7) is 1.62. The van der Waals surface area contributed by atoms with Crippen molar-refractivity contribution in [2.24, 2.45) is 0 Å². The maximum Gasteiger partial charge on any atom is 0.347 e. The Morgan fingerprint density at radius 2 is 2.26 bits per heavy atom. The first-order chi connectivity index (χ1) is 8.97. The van der Waals surface area contributed by atoms with Crippen molar-refractivity contribution in [3.63, 3.8) is 0 Å². The zero-order valence-electron chi connectivity index (χ0n) is 9.69. The molecular formula is C11H8N2O4S2. The standard InChI is InChI=1S/C11H8N2O4S2/c1-6-9(10(14)15)19-11(12-6)18-8-4-2-3-7(5-8)13(16)17/h2-5H,1H3,(H,14,15). The number of nitrogens with zero attached hydrogens (tertiary/aromatic N) is 2. The van der Waals surface area contributed by atoms with E-state index in [0.29, 0.717) is 14.9 Å². The Kier molecular flexibility index (Phi) is 3.82. The summed E-state index contributed by atoms with van der Waals surface area (Å²) in [7, 11) is 0. The molecule has 1 N–H and O–H groups in total. The highest BCUT2D eigenvalue weighted by atomic mass is 32.2. The molecule has 0 amide bonds. The number of nitro benzene ring substituents is 1. The zero-order chi connectivity index (χ0) is 14.0. The van der Waals surface area contributed by atoms with E-state index in [1.807, 2.05) is 0 Å². The molecule has 19 heavy (non-hydrogen) atoms. The minimum atomic E-state index is -1.01. The summed E-state index contributed by atoms with van der Waals surface area (Å²) in [4.78, 5) is 26.1. The number of rotatable bonds is 4. The fourth-order valence-corrected chi connectivity index (χ4v) is 3.43. The fourth-order valence-electron chi connectivity index (χ4n) is 1.38. The number of carboxylic acid groups (broad SMARTS) is 1. The van der Waals surface area contributed by atoms with E-state index in [1.165, 1.54) is 23.9 Å². The number of carboxylic acids is 1. The van der Waals surface area contributed by atoms with Crippen LogP contribution in [0, 0.1) is 17.0 Å². The van der Waals surface area contributed by atoms with Gasteiger partial charge in [-0.05, 0) is 13.0 Å². The molecule has 0 unspecified atom stereocenters. The van der Waals surface area contributed by atoms with Crippen molar-refractivity contribution in [1.29, 1.82) is 0 Å². The first-order valence-corrected chi connectivity index (χ1v) is 6.73. The number of aromatic nitrogens is 1. The number of nitro groups is 1. The van der Waals surface area contributed by atoms with Crippen molar-refractivity contribution in [2.75, 3.05) is 0 Å². The summed E-state index contributed by atoms with van der Waals surface area (Å²) < 4.78 is 0.551. The molecule has 0 aliphatic heterocycles. The molecule has 0 saturated carbocycles. The molecule has 1 aromatic carbocycles. The van der Waals surface area contributed by atoms with Crippen LogP contribution in [0.2, 0.25) is 0 Å². The Balaban J connectivity index is 2.26. The van der Waals surface area contributed by atoms with Crippen LogP contribution in [-0.4, -0.2) is 21.0 Å². The monoisotopic (exact) mass is 296 g/mol. The molecule has 8 heteroatoms. The second-order valence-electron chi connectivity index (χ2n) is 3.56. The van der Waals surface area contributed by atoms with E-state index >= 15 is 0 Å². The van der Waals surface area contributed by atoms with E-state index in [0.717, 1.165) is 11.3 Å². The number of hydrogen-bond donors (Lipinski definition) is 1. The molecule has 0 aliphatic rings. The van der Waals surface area contributed by atoms with Crippen LogP contribution in [0.5, 0.6) is 0 Å². The molecule has 6 nitrogen and oxygen atoms in total. The Bertz CT molecular complexity index is 654. The van der Waals surface area contributed by atoms with E-state index in [1.54, 1.807) is 19.1 Å². The van der Waals surface area contributed by atoms with Crippen molar-refractivity contribution in [2.45, 2.75) is 16.2 Å². The van der Waals surface area contributed by atoms with Gasteiger partial charge in [-0.2, -0.15) is 0 Å². The lowest BCUT2D eigenvalue weighted by Gasteiger charge is -1.97. The fraction of sp³-hybridized carbons (Fsp3) is 0.0909. The number of thiazole rings is 1. The number of aromatic carboxylic acids is 1. The highest BCUT2D eigenvalue weighted by Gasteiger charge is 2.15. The van der Waals surface area contributed by atoms with Gasteiger partial charge in [-0.15, -0.1) is 11.3 Å². The number of benzene rings is 1. The SMILES string of the molecule is Cc1nc(Sc2cccc([N+](=O)[O-])c2)sc1C(=O)O. The van der Waals surface area contributed by atoms with Gasteiger partial charge < -0.3 is 5.11 Å². The molecule has 0 fully saturated rings. The van der Waals surface area contributed by atoms with Gasteiger partial charge >= 0.3 is 5.97 Å². The zero-order valence-corrected chi connectivity index (χ0v) is 11.3. The van der Waals surface area contributed by atoms with Gasteiger partial charge in [0.25, 0.3) is 5.69 Å². The van der Waals surface area contributed by atoms with Crippen molar-refractivity contribution in [1.82, 2.24) is 4.98 Å². The minimum Gasteiger partial charge on any atom is -0.477 e. The molecule has 0 spiro atoms. The van der Waals surface area contributed by atoms with Crippen LogP contribution >= 0.6 is 23.1 Å². The average molecular weight is 296 g/mol. The minimum absolute atomic E-state index is 0.00302. The summed E-state index contributed by atoms with van der Waals surface area (Å²) in [6, 6.07) is 6.13. The lowest BCUT2D eigenvalue weighted by Crippen LogP contribution is -1.94. The van der Waals surface area contributed by atoms with Crippen LogP contribution in [0.25, 0.3) is 0 Å². The summed E-state index contributed by atoms with van der Waals surface area (Å²) in [5.74, 6) is -1.01. The smallest absolute Gasteiger partial charge is 0.347 e. The normalized spacial score (nSPS) is 10.4. The number of aryl methyl sites for hydroxylation is 1. The van der Waals surface area contributed by atoms with Crippen LogP contribution in [0.15, 0.2) is 33.5 Å². The second kappa shape index (κ2) is 5.37. The lowest BCUT2D eigenvalue weighted by molar-refractivity contribution is -0.385. The summed E-state index contributed by atoms with van der Waals surface area (Å²) in [5.41, 5.74) is 0.446. The molecule has 1 aromatic heterocycles. The Morgan fingerprint density at radius 3 is 2.84 bits per heavy atom. The Morgan fingerprint density at radius 1 is 1.53 bits per heavy atom. The topological polar surface area (TPSA) is 93.3 Å². The van der Waals surface area contributed by atoms with Gasteiger partial charge in [0.1, 0.15) is 4.88 Å². The van der Waals surface area contributed by atoms with Gasteiger partial charge in [0.15, 0.2) is 4.34 Å². The molecule has 2 rings (SSSR count). The highest BCUT2D eigenvalue weighted by molar-refractivity contribution is 8.01. The van der Waals surface area contributed by atoms with Gasteiger partial charge in [0.2, 0.25) is 0 Å². The van der Waals surface area contributed by atoms with E-state index < -0.39 is 10.9 Å². The van der Waals surface area contributed by atoms with Crippen LogP contribution in [0.3, 0.4) is 0 Å². The van der Waals surface area contributed by atoms with Crippen LogP contribution < -0.4 is 0 Å². The molecule has 1 heterocycles. The first kappa shape index (κ1) is 13.5. The number of non-ortho nitro benzene ring substituents is 1. The van der Waals surface area contributed by atoms with Crippen molar-refractivity contribution >= 4 is 34.8 Å². The van der Waals surface area contributed by atoms with Crippen LogP contribution in [0.4, 0.5) is 5.69 Å². The molecular weight excluding hydrogens is 288 g/mol. The maximum atomic E-state index is 10.9. The molecule has 2 aromatic rings. The highest BCUT2D eigenvalue weighted by Crippen LogP contribution is 2.34. The number of carbonyl (C=O) groups is 1. The van der Waals surface area contributed by atoms with E-state index in [2.05, 4.69) is 4.98 Å².